The van der Waals surface area contributed by atoms with Gasteiger partial charge in [0, 0.05) is 26.2 Å². The predicted molar refractivity (Wildman–Crippen MR) is 107 cm³/mol. The molecular weight excluding hydrogens is 353 g/mol. The van der Waals surface area contributed by atoms with Gasteiger partial charge in [-0.05, 0) is 43.7 Å². The van der Waals surface area contributed by atoms with Crippen molar-refractivity contribution >= 4 is 35.1 Å². The molecule has 0 atom stereocenters. The smallest absolute Gasteiger partial charge is 0.182 e. The second-order valence-corrected chi connectivity index (χ2v) is 6.57. The Labute approximate surface area is 158 Å². The average Bonchev–Trinajstić information content (AvgIpc) is 2.61. The van der Waals surface area contributed by atoms with Crippen LogP contribution in [0, 0.1) is 12.7 Å². The molecule has 0 spiro atoms. The molecule has 138 valence electrons. The summed E-state index contributed by atoms with van der Waals surface area (Å²) in [6.45, 7) is 4.75. The van der Waals surface area contributed by atoms with Gasteiger partial charge in [0.2, 0.25) is 0 Å². The highest BCUT2D eigenvalue weighted by atomic mass is 35.5. The molecule has 2 aromatic carbocycles. The van der Waals surface area contributed by atoms with Crippen LogP contribution in [0.5, 0.6) is 0 Å². The zero-order valence-electron chi connectivity index (χ0n) is 15.5. The molecule has 0 aliphatic heterocycles. The van der Waals surface area contributed by atoms with Gasteiger partial charge in [-0.25, -0.2) is 9.38 Å². The van der Waals surface area contributed by atoms with Gasteiger partial charge in [-0.15, -0.1) is 0 Å². The van der Waals surface area contributed by atoms with Crippen LogP contribution < -0.4 is 4.90 Å². The summed E-state index contributed by atoms with van der Waals surface area (Å²) < 4.78 is 13.9. The molecule has 26 heavy (non-hydrogen) atoms. The molecule has 0 N–H and O–H groups in total. The number of anilines is 1. The van der Waals surface area contributed by atoms with E-state index in [-0.39, 0.29) is 18.1 Å². The first-order valence-corrected chi connectivity index (χ1v) is 8.74. The second kappa shape index (κ2) is 8.81. The highest BCUT2D eigenvalue weighted by Gasteiger charge is 2.16. The number of nitrogens with zero attached hydrogens (tertiary/aromatic N) is 3. The molecule has 0 amide bonds. The molecule has 0 aliphatic carbocycles. The van der Waals surface area contributed by atoms with Crippen molar-refractivity contribution in [3.63, 3.8) is 0 Å². The van der Waals surface area contributed by atoms with Crippen molar-refractivity contribution in [2.45, 2.75) is 13.8 Å². The number of hydrogen-bond donors (Lipinski definition) is 0. The van der Waals surface area contributed by atoms with E-state index in [0.717, 1.165) is 12.1 Å². The Hall–Kier alpha value is -2.40. The molecule has 4 nitrogen and oxygen atoms in total. The first-order valence-electron chi connectivity index (χ1n) is 8.37. The van der Waals surface area contributed by atoms with Gasteiger partial charge in [-0.1, -0.05) is 23.7 Å². The minimum atomic E-state index is -0.359. The number of likely N-dealkylation sites (N-methyl/N-ethyl adjacent to an activating group) is 1. The molecule has 0 heterocycles. The van der Waals surface area contributed by atoms with E-state index in [0.29, 0.717) is 22.0 Å². The maximum absolute atomic E-state index is 13.9. The van der Waals surface area contributed by atoms with E-state index in [9.17, 15) is 9.18 Å². The highest BCUT2D eigenvalue weighted by molar-refractivity contribution is 6.33. The lowest BCUT2D eigenvalue weighted by molar-refractivity contribution is 0.0999. The Morgan fingerprint density at radius 1 is 1.27 bits per heavy atom. The van der Waals surface area contributed by atoms with Crippen molar-refractivity contribution in [3.05, 3.63) is 58.4 Å². The molecule has 0 aromatic heterocycles. The number of aryl methyl sites for hydroxylation is 1. The standard InChI is InChI=1S/C20H23ClFN3O/c1-5-24(3)13-23-18-10-14(2)15(11-16(18)21)20(26)12-25(4)19-9-7-6-8-17(19)22/h6-11,13H,5,12H2,1-4H3. The number of hydrogen-bond acceptors (Lipinski definition) is 3. The number of rotatable bonds is 7. The van der Waals surface area contributed by atoms with E-state index < -0.39 is 0 Å². The van der Waals surface area contributed by atoms with Crippen molar-refractivity contribution in [1.29, 1.82) is 0 Å². The summed E-state index contributed by atoms with van der Waals surface area (Å²) in [6, 6.07) is 9.80. The van der Waals surface area contributed by atoms with Gasteiger partial charge >= 0.3 is 0 Å². The molecule has 0 saturated heterocycles. The fourth-order valence-electron chi connectivity index (χ4n) is 2.46. The van der Waals surface area contributed by atoms with E-state index in [2.05, 4.69) is 4.99 Å². The number of benzene rings is 2. The Morgan fingerprint density at radius 2 is 1.96 bits per heavy atom. The highest BCUT2D eigenvalue weighted by Crippen LogP contribution is 2.29. The van der Waals surface area contributed by atoms with Crippen molar-refractivity contribution < 1.29 is 9.18 Å². The van der Waals surface area contributed by atoms with Crippen LogP contribution in [0.4, 0.5) is 15.8 Å². The number of aliphatic imine (C=N–C) groups is 1. The van der Waals surface area contributed by atoms with E-state index in [1.807, 2.05) is 25.8 Å². The van der Waals surface area contributed by atoms with Gasteiger partial charge in [0.1, 0.15) is 5.82 Å². The first kappa shape index (κ1) is 19.9. The van der Waals surface area contributed by atoms with Crippen LogP contribution in [0.1, 0.15) is 22.8 Å². The van der Waals surface area contributed by atoms with Crippen molar-refractivity contribution in [3.8, 4) is 0 Å². The zero-order chi connectivity index (χ0) is 19.3. The Balaban J connectivity index is 2.20. The Morgan fingerprint density at radius 3 is 2.62 bits per heavy atom. The predicted octanol–water partition coefficient (Wildman–Crippen LogP) is 4.72. The van der Waals surface area contributed by atoms with Crippen molar-refractivity contribution in [1.82, 2.24) is 4.90 Å². The third-order valence-electron chi connectivity index (χ3n) is 4.13. The van der Waals surface area contributed by atoms with Gasteiger partial charge in [-0.2, -0.15) is 0 Å². The Kier molecular flexibility index (Phi) is 6.75. The third-order valence-corrected chi connectivity index (χ3v) is 4.43. The van der Waals surface area contributed by atoms with Crippen LogP contribution in [-0.4, -0.2) is 44.2 Å². The van der Waals surface area contributed by atoms with Gasteiger partial charge < -0.3 is 9.80 Å². The lowest BCUT2D eigenvalue weighted by Crippen LogP contribution is -2.26. The van der Waals surface area contributed by atoms with Crippen LogP contribution in [0.3, 0.4) is 0 Å². The summed E-state index contributed by atoms with van der Waals surface area (Å²) in [6.07, 6.45) is 1.70. The molecule has 0 bridgehead atoms. The van der Waals surface area contributed by atoms with Crippen LogP contribution >= 0.6 is 11.6 Å². The SMILES string of the molecule is CCN(C)C=Nc1cc(C)c(C(=O)CN(C)c2ccccc2F)cc1Cl. The quantitative estimate of drug-likeness (QED) is 0.399. The molecule has 2 rings (SSSR count). The van der Waals surface area contributed by atoms with Crippen molar-refractivity contribution in [2.75, 3.05) is 32.1 Å². The maximum atomic E-state index is 13.9. The van der Waals surface area contributed by atoms with Crippen molar-refractivity contribution in [2.24, 2.45) is 4.99 Å². The van der Waals surface area contributed by atoms with Gasteiger partial charge in [-0.3, -0.25) is 4.79 Å². The molecule has 2 aromatic rings. The lowest BCUT2D eigenvalue weighted by atomic mass is 10.0. The fraction of sp³-hybridized carbons (Fsp3) is 0.300. The summed E-state index contributed by atoms with van der Waals surface area (Å²) in [7, 11) is 3.60. The Bertz CT molecular complexity index is 823. The number of carbonyl (C=O) groups excluding carboxylic acids is 1. The second-order valence-electron chi connectivity index (χ2n) is 6.17. The first-order chi connectivity index (χ1) is 12.3. The molecule has 0 aliphatic rings. The summed E-state index contributed by atoms with van der Waals surface area (Å²) in [4.78, 5) is 20.5. The summed E-state index contributed by atoms with van der Waals surface area (Å²) in [5.74, 6) is -0.487. The van der Waals surface area contributed by atoms with Gasteiger partial charge in [0.15, 0.2) is 5.78 Å². The number of ketones is 1. The monoisotopic (exact) mass is 375 g/mol. The van der Waals surface area contributed by atoms with Crippen LogP contribution in [0.15, 0.2) is 41.4 Å². The largest absolute Gasteiger partial charge is 0.366 e. The fourth-order valence-corrected chi connectivity index (χ4v) is 2.67. The van der Waals surface area contributed by atoms with E-state index in [4.69, 9.17) is 11.6 Å². The average molecular weight is 376 g/mol. The summed E-state index contributed by atoms with van der Waals surface area (Å²) >= 11 is 6.29. The molecular formula is C20H23ClFN3O. The third kappa shape index (κ3) is 4.82. The maximum Gasteiger partial charge on any atom is 0.182 e. The number of halogens is 2. The lowest BCUT2D eigenvalue weighted by Gasteiger charge is -2.19. The van der Waals surface area contributed by atoms with Gasteiger partial charge in [0.05, 0.1) is 29.3 Å². The topological polar surface area (TPSA) is 35.9 Å². The molecule has 0 unspecified atom stereocenters. The minimum absolute atomic E-state index is 0.0549. The summed E-state index contributed by atoms with van der Waals surface area (Å²) in [5, 5.41) is 0.410. The number of para-hydroxylation sites is 1. The normalized spacial score (nSPS) is 11.0. The van der Waals surface area contributed by atoms with E-state index >= 15 is 0 Å². The van der Waals surface area contributed by atoms with Gasteiger partial charge in [0.25, 0.3) is 0 Å². The minimum Gasteiger partial charge on any atom is -0.366 e. The molecule has 0 saturated carbocycles. The molecule has 0 fully saturated rings. The van der Waals surface area contributed by atoms with E-state index in [1.54, 1.807) is 48.6 Å². The van der Waals surface area contributed by atoms with Crippen LogP contribution in [-0.2, 0) is 0 Å². The van der Waals surface area contributed by atoms with E-state index in [1.165, 1.54) is 6.07 Å². The molecule has 0 radical (unpaired) electrons. The number of Topliss-reactive ketones (excluding diaryl/α,β-unsaturated/α-hetero) is 1. The summed E-state index contributed by atoms with van der Waals surface area (Å²) in [5.41, 5.74) is 2.30. The molecule has 6 heteroatoms. The van der Waals surface area contributed by atoms with Crippen LogP contribution in [0.2, 0.25) is 5.02 Å². The number of carbonyl (C=O) groups is 1. The van der Waals surface area contributed by atoms with Crippen LogP contribution in [0.25, 0.3) is 0 Å². The zero-order valence-corrected chi connectivity index (χ0v) is 16.2.